The molecule has 0 saturated carbocycles. The van der Waals surface area contributed by atoms with Crippen LogP contribution in [-0.4, -0.2) is 4.57 Å². The van der Waals surface area contributed by atoms with Gasteiger partial charge in [-0.05, 0) is 32.1 Å². The molecule has 1 aromatic heterocycles. The van der Waals surface area contributed by atoms with Crippen LogP contribution in [0, 0.1) is 0 Å². The minimum Gasteiger partial charge on any atom is -0.234 e. The molecule has 34 heavy (non-hydrogen) atoms. The van der Waals surface area contributed by atoms with E-state index in [2.05, 4.69) is 42.3 Å². The highest BCUT2D eigenvalue weighted by molar-refractivity contribution is 4.84. The number of aromatic nitrogens is 2. The first-order valence-electron chi connectivity index (χ1n) is 15.9. The van der Waals surface area contributed by atoms with Crippen LogP contribution in [0.25, 0.3) is 0 Å². The second-order valence-corrected chi connectivity index (χ2v) is 10.9. The Morgan fingerprint density at radius 3 is 1.41 bits per heavy atom. The van der Waals surface area contributed by atoms with Crippen LogP contribution in [0.2, 0.25) is 0 Å². The van der Waals surface area contributed by atoms with E-state index in [9.17, 15) is 0 Å². The maximum absolute atomic E-state index is 2.58. The smallest absolute Gasteiger partial charge is 0.234 e. The molecule has 200 valence electrons. The molecule has 0 saturated heterocycles. The molecule has 0 radical (unpaired) electrons. The molecular formula is C32H63N2+. The van der Waals surface area contributed by atoms with Gasteiger partial charge in [0.15, 0.2) is 0 Å². The normalized spacial score (nSPS) is 11.5. The maximum atomic E-state index is 2.58. The fourth-order valence-electron chi connectivity index (χ4n) is 5.26. The summed E-state index contributed by atoms with van der Waals surface area (Å²) in [6.07, 6.45) is 38.6. The Kier molecular flexibility index (Phi) is 22.0. The first-order chi connectivity index (χ1) is 16.8. The number of hydrogen-bond donors (Lipinski definition) is 0. The molecule has 2 nitrogen and oxygen atoms in total. The van der Waals surface area contributed by atoms with Crippen molar-refractivity contribution in [3.8, 4) is 0 Å². The van der Waals surface area contributed by atoms with Crippen molar-refractivity contribution in [3.63, 3.8) is 0 Å². The third kappa shape index (κ3) is 16.8. The van der Waals surface area contributed by atoms with Gasteiger partial charge in [-0.2, -0.15) is 0 Å². The molecule has 0 aliphatic carbocycles. The molecule has 0 N–H and O–H groups in total. The molecule has 1 aromatic rings. The van der Waals surface area contributed by atoms with E-state index in [1.54, 1.807) is 5.82 Å². The fraction of sp³-hybridized carbons (Fsp3) is 0.906. The van der Waals surface area contributed by atoms with E-state index in [-0.39, 0.29) is 0 Å². The van der Waals surface area contributed by atoms with E-state index in [0.29, 0.717) is 0 Å². The third-order valence-corrected chi connectivity index (χ3v) is 7.60. The van der Waals surface area contributed by atoms with E-state index in [0.717, 1.165) is 0 Å². The lowest BCUT2D eigenvalue weighted by Gasteiger charge is -2.06. The lowest BCUT2D eigenvalue weighted by Crippen LogP contribution is -2.37. The monoisotopic (exact) mass is 475 g/mol. The van der Waals surface area contributed by atoms with Crippen molar-refractivity contribution in [1.29, 1.82) is 0 Å². The molecule has 0 aliphatic rings. The molecular weight excluding hydrogens is 412 g/mol. The van der Waals surface area contributed by atoms with Gasteiger partial charge in [0.25, 0.3) is 5.82 Å². The fourth-order valence-corrected chi connectivity index (χ4v) is 5.26. The first-order valence-corrected chi connectivity index (χ1v) is 15.9. The van der Waals surface area contributed by atoms with Crippen LogP contribution in [0.5, 0.6) is 0 Å². The molecule has 1 rings (SSSR count). The van der Waals surface area contributed by atoms with Gasteiger partial charge in [-0.1, -0.05) is 136 Å². The summed E-state index contributed by atoms with van der Waals surface area (Å²) in [4.78, 5) is 0. The topological polar surface area (TPSA) is 8.81 Å². The highest BCUT2D eigenvalue weighted by atomic mass is 15.1. The Morgan fingerprint density at radius 1 is 0.500 bits per heavy atom. The zero-order valence-corrected chi connectivity index (χ0v) is 23.9. The number of aryl methyl sites for hydroxylation is 2. The summed E-state index contributed by atoms with van der Waals surface area (Å²) in [6, 6.07) is 0. The minimum atomic E-state index is 1.22. The van der Waals surface area contributed by atoms with Crippen LogP contribution < -0.4 is 4.57 Å². The Hall–Kier alpha value is -0.790. The van der Waals surface area contributed by atoms with Gasteiger partial charge in [0.2, 0.25) is 0 Å². The van der Waals surface area contributed by atoms with E-state index in [1.165, 1.54) is 167 Å². The Bertz CT molecular complexity index is 533. The van der Waals surface area contributed by atoms with Gasteiger partial charge in [0, 0.05) is 6.42 Å². The molecule has 2 heteroatoms. The summed E-state index contributed by atoms with van der Waals surface area (Å²) in [5.41, 5.74) is 0. The molecule has 0 bridgehead atoms. The van der Waals surface area contributed by atoms with Crippen molar-refractivity contribution in [3.05, 3.63) is 18.2 Å². The Balaban J connectivity index is 2.07. The average Bonchev–Trinajstić information content (AvgIpc) is 3.23. The molecule has 0 aromatic carbocycles. The van der Waals surface area contributed by atoms with Crippen molar-refractivity contribution in [2.45, 2.75) is 188 Å². The zero-order valence-electron chi connectivity index (χ0n) is 23.9. The van der Waals surface area contributed by atoms with Crippen molar-refractivity contribution < 1.29 is 4.57 Å². The highest BCUT2D eigenvalue weighted by Crippen LogP contribution is 2.14. The number of rotatable bonds is 26. The Morgan fingerprint density at radius 2 is 0.912 bits per heavy atom. The van der Waals surface area contributed by atoms with Crippen LogP contribution in [-0.2, 0) is 19.5 Å². The van der Waals surface area contributed by atoms with Gasteiger partial charge in [-0.3, -0.25) is 0 Å². The SMILES string of the molecule is CCCCCCCCCCCCCCCCCC[n+]1ccn(CCCCCC)c1CCCCC. The maximum Gasteiger partial charge on any atom is 0.256 e. The van der Waals surface area contributed by atoms with Gasteiger partial charge in [-0.25, -0.2) is 9.13 Å². The molecule has 0 aliphatic heterocycles. The summed E-state index contributed by atoms with van der Waals surface area (Å²) < 4.78 is 5.15. The molecule has 1 heterocycles. The number of imidazole rings is 1. The molecule has 0 atom stereocenters. The van der Waals surface area contributed by atoms with Crippen molar-refractivity contribution >= 4 is 0 Å². The lowest BCUT2D eigenvalue weighted by molar-refractivity contribution is -0.704. The molecule has 0 fully saturated rings. The second-order valence-electron chi connectivity index (χ2n) is 10.9. The van der Waals surface area contributed by atoms with Gasteiger partial charge in [0.05, 0.1) is 13.1 Å². The first kappa shape index (κ1) is 31.2. The van der Waals surface area contributed by atoms with E-state index in [4.69, 9.17) is 0 Å². The summed E-state index contributed by atoms with van der Waals surface area (Å²) in [5, 5.41) is 0. The molecule has 0 amide bonds. The average molecular weight is 476 g/mol. The van der Waals surface area contributed by atoms with Crippen molar-refractivity contribution in [2.75, 3.05) is 0 Å². The van der Waals surface area contributed by atoms with Gasteiger partial charge in [0.1, 0.15) is 12.4 Å². The standard InChI is InChI=1S/C32H63N2/c1-4-7-10-12-13-14-15-16-17-18-19-20-21-22-23-26-29-34-31-30-33(28-25-11-8-5-2)32(34)27-24-9-6-3/h30-31H,4-29H2,1-3H3/q+1. The van der Waals surface area contributed by atoms with Crippen LogP contribution in [0.15, 0.2) is 12.4 Å². The predicted octanol–water partition coefficient (Wildman–Crippen LogP) is 10.4. The second kappa shape index (κ2) is 23.9. The minimum absolute atomic E-state index is 1.22. The van der Waals surface area contributed by atoms with E-state index < -0.39 is 0 Å². The zero-order chi connectivity index (χ0) is 24.5. The van der Waals surface area contributed by atoms with Gasteiger partial charge < -0.3 is 0 Å². The Labute approximate surface area is 215 Å². The molecule has 0 spiro atoms. The van der Waals surface area contributed by atoms with Crippen LogP contribution in [0.3, 0.4) is 0 Å². The van der Waals surface area contributed by atoms with Crippen molar-refractivity contribution in [1.82, 2.24) is 4.57 Å². The summed E-state index contributed by atoms with van der Waals surface area (Å²) >= 11 is 0. The van der Waals surface area contributed by atoms with Gasteiger partial charge in [-0.15, -0.1) is 0 Å². The lowest BCUT2D eigenvalue weighted by atomic mass is 10.0. The summed E-state index contributed by atoms with van der Waals surface area (Å²) in [6.45, 7) is 9.36. The number of hydrogen-bond acceptors (Lipinski definition) is 0. The number of nitrogens with zero attached hydrogens (tertiary/aromatic N) is 2. The molecule has 0 unspecified atom stereocenters. The quantitative estimate of drug-likeness (QED) is 0.0930. The third-order valence-electron chi connectivity index (χ3n) is 7.60. The highest BCUT2D eigenvalue weighted by Gasteiger charge is 2.16. The van der Waals surface area contributed by atoms with E-state index in [1.807, 2.05) is 0 Å². The van der Waals surface area contributed by atoms with Crippen LogP contribution in [0.4, 0.5) is 0 Å². The largest absolute Gasteiger partial charge is 0.256 e. The summed E-state index contributed by atoms with van der Waals surface area (Å²) in [7, 11) is 0. The van der Waals surface area contributed by atoms with Crippen molar-refractivity contribution in [2.24, 2.45) is 0 Å². The number of unbranched alkanes of at least 4 members (excludes halogenated alkanes) is 20. The van der Waals surface area contributed by atoms with Crippen LogP contribution >= 0.6 is 0 Å². The van der Waals surface area contributed by atoms with Crippen LogP contribution in [0.1, 0.15) is 174 Å². The van der Waals surface area contributed by atoms with Gasteiger partial charge >= 0.3 is 0 Å². The predicted molar refractivity (Wildman–Crippen MR) is 152 cm³/mol. The summed E-state index contributed by atoms with van der Waals surface area (Å²) in [5.74, 6) is 1.59. The van der Waals surface area contributed by atoms with E-state index >= 15 is 0 Å².